The molecule has 1 amide bonds. The Labute approximate surface area is 143 Å². The number of nitrogens with two attached hydrogens (primary N) is 1. The zero-order valence-electron chi connectivity index (χ0n) is 13.6. The molecule has 126 valence electrons. The van der Waals surface area contributed by atoms with Crippen LogP contribution in [-0.2, 0) is 0 Å². The molecule has 2 heterocycles. The molecule has 2 aromatic heterocycles. The summed E-state index contributed by atoms with van der Waals surface area (Å²) in [6.45, 7) is 2.43. The number of nitrogens with one attached hydrogen (secondary N) is 1. The van der Waals surface area contributed by atoms with Crippen LogP contribution in [0, 0.1) is 17.1 Å². The number of fused-ring (bicyclic) bond motifs is 1. The molecule has 3 N–H and O–H groups in total. The molecular formula is C18H16FN5O. The average Bonchev–Trinajstić information content (AvgIpc) is 2.96. The number of aromatic nitrogens is 2. The number of halogens is 1. The van der Waals surface area contributed by atoms with Crippen molar-refractivity contribution in [3.05, 3.63) is 53.6 Å². The normalized spacial score (nSPS) is 10.6. The molecule has 0 bridgehead atoms. The van der Waals surface area contributed by atoms with E-state index >= 15 is 0 Å². The first-order valence-corrected chi connectivity index (χ1v) is 7.81. The molecule has 7 heteroatoms. The van der Waals surface area contributed by atoms with E-state index in [0.717, 1.165) is 6.42 Å². The fourth-order valence-electron chi connectivity index (χ4n) is 2.60. The SMILES string of the molecule is CCCNC(=O)c1nc2c(-c3cccc(C#N)c3)c(F)ccn2c1N. The van der Waals surface area contributed by atoms with Gasteiger partial charge in [0.15, 0.2) is 5.69 Å². The summed E-state index contributed by atoms with van der Waals surface area (Å²) in [6, 6.07) is 9.83. The van der Waals surface area contributed by atoms with Crippen molar-refractivity contribution in [1.29, 1.82) is 5.26 Å². The van der Waals surface area contributed by atoms with E-state index in [0.29, 0.717) is 17.7 Å². The van der Waals surface area contributed by atoms with Gasteiger partial charge in [0.2, 0.25) is 0 Å². The quantitative estimate of drug-likeness (QED) is 0.765. The highest BCUT2D eigenvalue weighted by atomic mass is 19.1. The third-order valence-electron chi connectivity index (χ3n) is 3.81. The van der Waals surface area contributed by atoms with Gasteiger partial charge in [-0.2, -0.15) is 5.26 Å². The Morgan fingerprint density at radius 1 is 1.44 bits per heavy atom. The van der Waals surface area contributed by atoms with Crippen molar-refractivity contribution in [2.24, 2.45) is 0 Å². The Kier molecular flexibility index (Phi) is 4.35. The first-order chi connectivity index (χ1) is 12.1. The van der Waals surface area contributed by atoms with Gasteiger partial charge < -0.3 is 11.1 Å². The molecule has 0 unspecified atom stereocenters. The second-order valence-corrected chi connectivity index (χ2v) is 5.53. The summed E-state index contributed by atoms with van der Waals surface area (Å²) in [7, 11) is 0. The van der Waals surface area contributed by atoms with Gasteiger partial charge in [0.05, 0.1) is 17.2 Å². The number of imidazole rings is 1. The van der Waals surface area contributed by atoms with Crippen LogP contribution in [0.4, 0.5) is 10.2 Å². The Morgan fingerprint density at radius 2 is 2.24 bits per heavy atom. The number of hydrogen-bond acceptors (Lipinski definition) is 4. The molecule has 0 saturated heterocycles. The first-order valence-electron chi connectivity index (χ1n) is 7.81. The molecule has 6 nitrogen and oxygen atoms in total. The van der Waals surface area contributed by atoms with E-state index < -0.39 is 11.7 Å². The molecular weight excluding hydrogens is 321 g/mol. The maximum absolute atomic E-state index is 14.5. The van der Waals surface area contributed by atoms with Crippen LogP contribution in [0.2, 0.25) is 0 Å². The van der Waals surface area contributed by atoms with Crippen LogP contribution in [0.1, 0.15) is 29.4 Å². The van der Waals surface area contributed by atoms with Gasteiger partial charge in [-0.3, -0.25) is 9.20 Å². The molecule has 0 aliphatic rings. The molecule has 0 saturated carbocycles. The maximum atomic E-state index is 14.5. The van der Waals surface area contributed by atoms with Crippen molar-refractivity contribution >= 4 is 17.4 Å². The molecule has 25 heavy (non-hydrogen) atoms. The third kappa shape index (κ3) is 2.90. The largest absolute Gasteiger partial charge is 0.383 e. The second kappa shape index (κ2) is 6.61. The molecule has 0 fully saturated rings. The van der Waals surface area contributed by atoms with Gasteiger partial charge in [-0.05, 0) is 30.2 Å². The predicted octanol–water partition coefficient (Wildman–Crippen LogP) is 2.73. The number of nitrogens with zero attached hydrogens (tertiary/aromatic N) is 3. The van der Waals surface area contributed by atoms with E-state index in [2.05, 4.69) is 10.3 Å². The van der Waals surface area contributed by atoms with Gasteiger partial charge in [-0.1, -0.05) is 19.1 Å². The lowest BCUT2D eigenvalue weighted by atomic mass is 10.0. The highest BCUT2D eigenvalue weighted by Gasteiger charge is 2.21. The number of anilines is 1. The molecule has 3 rings (SSSR count). The van der Waals surface area contributed by atoms with E-state index in [1.54, 1.807) is 24.3 Å². The van der Waals surface area contributed by atoms with Crippen molar-refractivity contribution in [3.63, 3.8) is 0 Å². The number of hydrogen-bond donors (Lipinski definition) is 2. The van der Waals surface area contributed by atoms with Gasteiger partial charge in [0.25, 0.3) is 5.91 Å². The summed E-state index contributed by atoms with van der Waals surface area (Å²) in [5, 5.41) is 11.8. The fraction of sp³-hybridized carbons (Fsp3) is 0.167. The third-order valence-corrected chi connectivity index (χ3v) is 3.81. The number of rotatable bonds is 4. The minimum Gasteiger partial charge on any atom is -0.383 e. The Balaban J connectivity index is 2.21. The smallest absolute Gasteiger partial charge is 0.273 e. The van der Waals surface area contributed by atoms with Crippen LogP contribution in [0.15, 0.2) is 36.5 Å². The number of amides is 1. The van der Waals surface area contributed by atoms with E-state index in [4.69, 9.17) is 11.0 Å². The maximum Gasteiger partial charge on any atom is 0.273 e. The Morgan fingerprint density at radius 3 is 2.96 bits per heavy atom. The number of nitrogen functional groups attached to an aromatic ring is 1. The molecule has 0 aliphatic heterocycles. The molecule has 0 spiro atoms. The van der Waals surface area contributed by atoms with Gasteiger partial charge in [-0.25, -0.2) is 9.37 Å². The summed E-state index contributed by atoms with van der Waals surface area (Å²) in [5.74, 6) is -0.769. The first kappa shape index (κ1) is 16.5. The van der Waals surface area contributed by atoms with Crippen molar-refractivity contribution in [2.75, 3.05) is 12.3 Å². The summed E-state index contributed by atoms with van der Waals surface area (Å²) in [5.41, 5.74) is 7.40. The predicted molar refractivity (Wildman–Crippen MR) is 92.3 cm³/mol. The zero-order valence-corrected chi connectivity index (χ0v) is 13.6. The monoisotopic (exact) mass is 337 g/mol. The van der Waals surface area contributed by atoms with Crippen molar-refractivity contribution in [3.8, 4) is 17.2 Å². The van der Waals surface area contributed by atoms with E-state index in [9.17, 15) is 9.18 Å². The Bertz CT molecular complexity index is 1000. The van der Waals surface area contributed by atoms with Crippen LogP contribution in [0.25, 0.3) is 16.8 Å². The summed E-state index contributed by atoms with van der Waals surface area (Å²) in [6.07, 6.45) is 2.21. The standard InChI is InChI=1S/C18H16FN5O/c1-2-7-22-18(25)15-16(21)24-8-6-13(19)14(17(24)23-15)12-5-3-4-11(9-12)10-20/h3-6,8-9H,2,7,21H2,1H3,(H,22,25). The van der Waals surface area contributed by atoms with Crippen LogP contribution in [-0.4, -0.2) is 21.8 Å². The van der Waals surface area contributed by atoms with E-state index in [-0.39, 0.29) is 22.7 Å². The Hall–Kier alpha value is -3.40. The highest BCUT2D eigenvalue weighted by molar-refractivity contribution is 5.98. The van der Waals surface area contributed by atoms with Crippen LogP contribution in [0.5, 0.6) is 0 Å². The van der Waals surface area contributed by atoms with Crippen molar-refractivity contribution in [1.82, 2.24) is 14.7 Å². The lowest BCUT2D eigenvalue weighted by Gasteiger charge is -2.06. The summed E-state index contributed by atoms with van der Waals surface area (Å²) in [4.78, 5) is 16.5. The van der Waals surface area contributed by atoms with Gasteiger partial charge in [0, 0.05) is 12.7 Å². The van der Waals surface area contributed by atoms with Crippen LogP contribution >= 0.6 is 0 Å². The van der Waals surface area contributed by atoms with Gasteiger partial charge in [0.1, 0.15) is 17.3 Å². The molecule has 0 aliphatic carbocycles. The van der Waals surface area contributed by atoms with Gasteiger partial charge >= 0.3 is 0 Å². The fourth-order valence-corrected chi connectivity index (χ4v) is 2.60. The minimum atomic E-state index is -0.506. The van der Waals surface area contributed by atoms with Crippen LogP contribution < -0.4 is 11.1 Å². The number of pyridine rings is 1. The van der Waals surface area contributed by atoms with Crippen LogP contribution in [0.3, 0.4) is 0 Å². The highest BCUT2D eigenvalue weighted by Crippen LogP contribution is 2.30. The number of benzene rings is 1. The second-order valence-electron chi connectivity index (χ2n) is 5.53. The average molecular weight is 337 g/mol. The van der Waals surface area contributed by atoms with Crippen molar-refractivity contribution in [2.45, 2.75) is 13.3 Å². The minimum absolute atomic E-state index is 0.0525. The molecule has 0 radical (unpaired) electrons. The molecule has 1 aromatic carbocycles. The summed E-state index contributed by atoms with van der Waals surface area (Å²) < 4.78 is 16.0. The van der Waals surface area contributed by atoms with Gasteiger partial charge in [-0.15, -0.1) is 0 Å². The lowest BCUT2D eigenvalue weighted by molar-refractivity contribution is 0.0950. The summed E-state index contributed by atoms with van der Waals surface area (Å²) >= 11 is 0. The number of carbonyl (C=O) groups excluding carboxylic acids is 1. The zero-order chi connectivity index (χ0) is 18.0. The molecule has 3 aromatic rings. The van der Waals surface area contributed by atoms with E-state index in [1.807, 2.05) is 13.0 Å². The number of nitriles is 1. The molecule has 0 atom stereocenters. The van der Waals surface area contributed by atoms with E-state index in [1.165, 1.54) is 16.7 Å². The lowest BCUT2D eigenvalue weighted by Crippen LogP contribution is -2.25. The number of carbonyl (C=O) groups is 1. The topological polar surface area (TPSA) is 96.2 Å². The van der Waals surface area contributed by atoms with Crippen molar-refractivity contribution < 1.29 is 9.18 Å².